The molecule has 0 aromatic heterocycles. The van der Waals surface area contributed by atoms with Crippen molar-refractivity contribution >= 4 is 29.2 Å². The van der Waals surface area contributed by atoms with E-state index in [-0.39, 0.29) is 6.61 Å². The number of hydrogen-bond acceptors (Lipinski definition) is 5. The zero-order valence-corrected chi connectivity index (χ0v) is 15.6. The highest BCUT2D eigenvalue weighted by Crippen LogP contribution is 2.13. The minimum atomic E-state index is -0.529. The van der Waals surface area contributed by atoms with Crippen molar-refractivity contribution in [3.05, 3.63) is 64.7 Å². The highest BCUT2D eigenvalue weighted by atomic mass is 35.5. The van der Waals surface area contributed by atoms with Crippen LogP contribution in [0.2, 0.25) is 5.02 Å². The number of ether oxygens (including phenoxy) is 2. The van der Waals surface area contributed by atoms with Gasteiger partial charge in [-0.3, -0.25) is 9.69 Å². The van der Waals surface area contributed by atoms with Crippen LogP contribution in [0.15, 0.2) is 48.5 Å². The average molecular weight is 389 g/mol. The highest BCUT2D eigenvalue weighted by molar-refractivity contribution is 6.30. The average Bonchev–Trinajstić information content (AvgIpc) is 2.69. The minimum absolute atomic E-state index is 0.350. The summed E-state index contributed by atoms with van der Waals surface area (Å²) in [6, 6.07) is 13.9. The maximum atomic E-state index is 12.1. The normalized spacial score (nSPS) is 14.6. The molecule has 1 amide bonds. The van der Waals surface area contributed by atoms with Gasteiger partial charge < -0.3 is 14.8 Å². The summed E-state index contributed by atoms with van der Waals surface area (Å²) in [6.07, 6.45) is 0. The smallest absolute Gasteiger partial charge is 0.338 e. The Morgan fingerprint density at radius 3 is 2.37 bits per heavy atom. The van der Waals surface area contributed by atoms with Crippen molar-refractivity contribution in [2.75, 3.05) is 38.2 Å². The second-order valence-electron chi connectivity index (χ2n) is 6.22. The van der Waals surface area contributed by atoms with Crippen LogP contribution in [0.4, 0.5) is 5.69 Å². The Hall–Kier alpha value is -2.41. The molecule has 1 saturated heterocycles. The maximum Gasteiger partial charge on any atom is 0.338 e. The summed E-state index contributed by atoms with van der Waals surface area (Å²) in [5, 5.41) is 3.22. The summed E-state index contributed by atoms with van der Waals surface area (Å²) in [4.78, 5) is 26.3. The van der Waals surface area contributed by atoms with Gasteiger partial charge in [-0.2, -0.15) is 0 Å². The largest absolute Gasteiger partial charge is 0.452 e. The fourth-order valence-electron chi connectivity index (χ4n) is 2.71. The van der Waals surface area contributed by atoms with Crippen molar-refractivity contribution in [2.24, 2.45) is 0 Å². The molecule has 142 valence electrons. The predicted octanol–water partition coefficient (Wildman–Crippen LogP) is 2.97. The third-order valence-corrected chi connectivity index (χ3v) is 4.41. The standard InChI is InChI=1S/C20H21ClN2O4/c21-17-5-7-18(8-6-17)22-19(24)14-27-20(25)16-3-1-15(2-4-16)13-23-9-11-26-12-10-23/h1-8H,9-14H2,(H,22,24). The molecule has 27 heavy (non-hydrogen) atoms. The number of rotatable bonds is 6. The SMILES string of the molecule is O=C(COC(=O)c1ccc(CN2CCOCC2)cc1)Nc1ccc(Cl)cc1. The molecule has 0 aliphatic carbocycles. The Bertz CT molecular complexity index is 772. The van der Waals surface area contributed by atoms with Crippen LogP contribution in [0, 0.1) is 0 Å². The fourth-order valence-corrected chi connectivity index (χ4v) is 2.83. The first-order chi connectivity index (χ1) is 13.1. The number of anilines is 1. The van der Waals surface area contributed by atoms with E-state index in [0.29, 0.717) is 16.3 Å². The number of benzene rings is 2. The maximum absolute atomic E-state index is 12.1. The monoisotopic (exact) mass is 388 g/mol. The quantitative estimate of drug-likeness (QED) is 0.770. The number of halogens is 1. The number of hydrogen-bond donors (Lipinski definition) is 1. The summed E-state index contributed by atoms with van der Waals surface area (Å²) < 4.78 is 10.4. The second-order valence-corrected chi connectivity index (χ2v) is 6.65. The molecule has 0 saturated carbocycles. The van der Waals surface area contributed by atoms with Gasteiger partial charge in [0.05, 0.1) is 18.8 Å². The molecule has 0 bridgehead atoms. The van der Waals surface area contributed by atoms with Gasteiger partial charge in [0.1, 0.15) is 0 Å². The second kappa shape index (κ2) is 9.50. The van der Waals surface area contributed by atoms with E-state index in [1.807, 2.05) is 12.1 Å². The third kappa shape index (κ3) is 6.06. The summed E-state index contributed by atoms with van der Waals surface area (Å²) >= 11 is 5.79. The molecule has 0 unspecified atom stereocenters. The van der Waals surface area contributed by atoms with Crippen molar-refractivity contribution in [2.45, 2.75) is 6.54 Å². The lowest BCUT2D eigenvalue weighted by atomic mass is 10.1. The van der Waals surface area contributed by atoms with Gasteiger partial charge in [-0.15, -0.1) is 0 Å². The van der Waals surface area contributed by atoms with Gasteiger partial charge in [-0.1, -0.05) is 23.7 Å². The number of carbonyl (C=O) groups excluding carboxylic acids is 2. The Kier molecular flexibility index (Phi) is 6.81. The zero-order valence-electron chi connectivity index (χ0n) is 14.8. The number of esters is 1. The van der Waals surface area contributed by atoms with Crippen LogP contribution in [0.3, 0.4) is 0 Å². The van der Waals surface area contributed by atoms with Crippen LogP contribution in [-0.4, -0.2) is 49.7 Å². The van der Waals surface area contributed by atoms with Crippen molar-refractivity contribution < 1.29 is 19.1 Å². The summed E-state index contributed by atoms with van der Waals surface area (Å²) in [5.41, 5.74) is 2.13. The van der Waals surface area contributed by atoms with Crippen molar-refractivity contribution in [1.82, 2.24) is 4.90 Å². The van der Waals surface area contributed by atoms with Crippen LogP contribution in [0.5, 0.6) is 0 Å². The molecule has 1 N–H and O–H groups in total. The molecule has 3 rings (SSSR count). The molecule has 1 heterocycles. The van der Waals surface area contributed by atoms with Crippen LogP contribution in [0.1, 0.15) is 15.9 Å². The van der Waals surface area contributed by atoms with E-state index in [0.717, 1.165) is 38.4 Å². The van der Waals surface area contributed by atoms with Gasteiger partial charge in [-0.05, 0) is 42.0 Å². The topological polar surface area (TPSA) is 67.9 Å². The zero-order chi connectivity index (χ0) is 19.1. The van der Waals surface area contributed by atoms with E-state index >= 15 is 0 Å². The molecule has 1 aliphatic rings. The van der Waals surface area contributed by atoms with E-state index in [9.17, 15) is 9.59 Å². The summed E-state index contributed by atoms with van der Waals surface area (Å²) in [5.74, 6) is -0.936. The fraction of sp³-hybridized carbons (Fsp3) is 0.300. The molecule has 2 aromatic carbocycles. The highest BCUT2D eigenvalue weighted by Gasteiger charge is 2.13. The molecule has 0 atom stereocenters. The van der Waals surface area contributed by atoms with Crippen LogP contribution in [0.25, 0.3) is 0 Å². The van der Waals surface area contributed by atoms with E-state index in [4.69, 9.17) is 21.1 Å². The molecule has 0 spiro atoms. The van der Waals surface area contributed by atoms with Gasteiger partial charge in [0, 0.05) is 30.3 Å². The summed E-state index contributed by atoms with van der Waals surface area (Å²) in [6.45, 7) is 3.79. The molecule has 2 aromatic rings. The Balaban J connectivity index is 1.45. The number of morpholine rings is 1. The van der Waals surface area contributed by atoms with Crippen molar-refractivity contribution in [3.8, 4) is 0 Å². The molecular formula is C20H21ClN2O4. The number of nitrogens with one attached hydrogen (secondary N) is 1. The number of amides is 1. The first-order valence-corrected chi connectivity index (χ1v) is 9.09. The molecule has 1 aliphatic heterocycles. The van der Waals surface area contributed by atoms with Crippen LogP contribution >= 0.6 is 11.6 Å². The summed E-state index contributed by atoms with van der Waals surface area (Å²) in [7, 11) is 0. The molecule has 0 radical (unpaired) electrons. The van der Waals surface area contributed by atoms with E-state index in [1.165, 1.54) is 0 Å². The number of carbonyl (C=O) groups is 2. The molecule has 7 heteroatoms. The first-order valence-electron chi connectivity index (χ1n) is 8.72. The van der Waals surface area contributed by atoms with Crippen molar-refractivity contribution in [1.29, 1.82) is 0 Å². The third-order valence-electron chi connectivity index (χ3n) is 4.16. The Labute approximate surface area is 163 Å². The van der Waals surface area contributed by atoms with Gasteiger partial charge in [0.2, 0.25) is 0 Å². The van der Waals surface area contributed by atoms with Crippen molar-refractivity contribution in [3.63, 3.8) is 0 Å². The van der Waals surface area contributed by atoms with E-state index < -0.39 is 11.9 Å². The predicted molar refractivity (Wildman–Crippen MR) is 103 cm³/mol. The lowest BCUT2D eigenvalue weighted by molar-refractivity contribution is -0.119. The van der Waals surface area contributed by atoms with Crippen LogP contribution in [-0.2, 0) is 20.8 Å². The van der Waals surface area contributed by atoms with E-state index in [1.54, 1.807) is 36.4 Å². The van der Waals surface area contributed by atoms with Gasteiger partial charge in [-0.25, -0.2) is 4.79 Å². The minimum Gasteiger partial charge on any atom is -0.452 e. The number of nitrogens with zero attached hydrogens (tertiary/aromatic N) is 1. The molecular weight excluding hydrogens is 368 g/mol. The van der Waals surface area contributed by atoms with Crippen LogP contribution < -0.4 is 5.32 Å². The lowest BCUT2D eigenvalue weighted by Gasteiger charge is -2.26. The molecule has 1 fully saturated rings. The van der Waals surface area contributed by atoms with Gasteiger partial charge in [0.25, 0.3) is 5.91 Å². The van der Waals surface area contributed by atoms with Gasteiger partial charge in [0.15, 0.2) is 6.61 Å². The first kappa shape index (κ1) is 19.4. The Morgan fingerprint density at radius 1 is 1.04 bits per heavy atom. The molecule has 6 nitrogen and oxygen atoms in total. The lowest BCUT2D eigenvalue weighted by Crippen LogP contribution is -2.35. The van der Waals surface area contributed by atoms with E-state index in [2.05, 4.69) is 10.2 Å². The Morgan fingerprint density at radius 2 is 1.70 bits per heavy atom. The van der Waals surface area contributed by atoms with Gasteiger partial charge >= 0.3 is 5.97 Å².